The number of hydrogen-bond donors (Lipinski definition) is 0. The van der Waals surface area contributed by atoms with Gasteiger partial charge in [0, 0.05) is 31.2 Å². The topological polar surface area (TPSA) is 52.4 Å². The van der Waals surface area contributed by atoms with E-state index in [1.54, 1.807) is 12.1 Å². The fourth-order valence-electron chi connectivity index (χ4n) is 2.07. The summed E-state index contributed by atoms with van der Waals surface area (Å²) in [5.41, 5.74) is 3.31. The predicted molar refractivity (Wildman–Crippen MR) is 99.8 cm³/mol. The number of non-ortho nitro benzene ring substituents is 1. The van der Waals surface area contributed by atoms with Gasteiger partial charge >= 0.3 is 0 Å². The van der Waals surface area contributed by atoms with E-state index in [0.29, 0.717) is 11.8 Å². The van der Waals surface area contributed by atoms with Crippen molar-refractivity contribution in [3.05, 3.63) is 64.2 Å². The largest absolute Gasteiger partial charge is 0.382 e. The van der Waals surface area contributed by atoms with E-state index in [1.165, 1.54) is 17.7 Å². The Morgan fingerprint density at radius 3 is 1.79 bits per heavy atom. The average molecular weight is 350 g/mol. The molecule has 0 bridgehead atoms. The van der Waals surface area contributed by atoms with Gasteiger partial charge in [-0.25, -0.2) is 0 Å². The second kappa shape index (κ2) is 10.8. The Morgan fingerprint density at radius 2 is 1.46 bits per heavy atom. The van der Waals surface area contributed by atoms with E-state index >= 15 is 0 Å². The molecule has 24 heavy (non-hydrogen) atoms. The van der Waals surface area contributed by atoms with Crippen LogP contribution >= 0.6 is 11.6 Å². The monoisotopic (exact) mass is 349 g/mol. The Hall–Kier alpha value is -1.91. The van der Waals surface area contributed by atoms with Gasteiger partial charge in [-0.1, -0.05) is 31.2 Å². The van der Waals surface area contributed by atoms with Crippen molar-refractivity contribution in [2.75, 3.05) is 19.1 Å². The first-order valence-corrected chi connectivity index (χ1v) is 8.55. The van der Waals surface area contributed by atoms with Crippen LogP contribution in [0.4, 0.5) is 5.69 Å². The van der Waals surface area contributed by atoms with Gasteiger partial charge in [-0.3, -0.25) is 10.1 Å². The quantitative estimate of drug-likeness (QED) is 0.385. The average Bonchev–Trinajstić information content (AvgIpc) is 2.62. The molecule has 0 aliphatic carbocycles. The fraction of sp³-hybridized carbons (Fsp3) is 0.368. The van der Waals surface area contributed by atoms with Crippen LogP contribution in [0.25, 0.3) is 11.1 Å². The third kappa shape index (κ3) is 6.30. The van der Waals surface area contributed by atoms with E-state index in [4.69, 9.17) is 16.3 Å². The smallest absolute Gasteiger partial charge is 0.269 e. The number of benzene rings is 2. The maximum absolute atomic E-state index is 10.6. The maximum atomic E-state index is 10.6. The molecule has 0 N–H and O–H groups in total. The highest BCUT2D eigenvalue weighted by molar-refractivity contribution is 6.18. The van der Waals surface area contributed by atoms with Crippen LogP contribution in [0.3, 0.4) is 0 Å². The van der Waals surface area contributed by atoms with Gasteiger partial charge in [0.2, 0.25) is 0 Å². The van der Waals surface area contributed by atoms with Crippen LogP contribution in [0.15, 0.2) is 48.5 Å². The number of nitro benzene ring substituents is 1. The number of hydrogen-bond acceptors (Lipinski definition) is 3. The molecular formula is C19H24ClNO3. The van der Waals surface area contributed by atoms with Gasteiger partial charge < -0.3 is 4.74 Å². The van der Waals surface area contributed by atoms with Gasteiger partial charge in [0.05, 0.1) is 4.92 Å². The van der Waals surface area contributed by atoms with Gasteiger partial charge in [0.15, 0.2) is 0 Å². The molecule has 0 aliphatic heterocycles. The zero-order valence-corrected chi connectivity index (χ0v) is 15.1. The van der Waals surface area contributed by atoms with Crippen molar-refractivity contribution in [3.63, 3.8) is 0 Å². The maximum Gasteiger partial charge on any atom is 0.269 e. The van der Waals surface area contributed by atoms with Gasteiger partial charge in [-0.15, -0.1) is 11.6 Å². The second-order valence-electron chi connectivity index (χ2n) is 5.26. The Bertz CT molecular complexity index is 610. The van der Waals surface area contributed by atoms with E-state index in [1.807, 2.05) is 38.1 Å². The third-order valence-electron chi connectivity index (χ3n) is 3.53. The summed E-state index contributed by atoms with van der Waals surface area (Å²) in [4.78, 5) is 10.2. The molecule has 0 spiro atoms. The Morgan fingerprint density at radius 1 is 1.00 bits per heavy atom. The summed E-state index contributed by atoms with van der Waals surface area (Å²) in [5.74, 6) is 0.921. The molecular weight excluding hydrogens is 326 g/mol. The predicted octanol–water partition coefficient (Wildman–Crippen LogP) is 5.65. The molecule has 0 radical (unpaired) electrons. The van der Waals surface area contributed by atoms with Crippen LogP contribution < -0.4 is 0 Å². The standard InChI is InChI=1S/C15H14ClNO2.C4H10O/c1-11(10-16)12-2-4-13(5-3-12)14-6-8-15(9-7-14)17(18)19;1-3-5-4-2/h2-9,11H,10H2,1H3;3-4H2,1-2H3. The lowest BCUT2D eigenvalue weighted by atomic mass is 9.98. The van der Waals surface area contributed by atoms with E-state index in [-0.39, 0.29) is 5.69 Å². The minimum Gasteiger partial charge on any atom is -0.382 e. The van der Waals surface area contributed by atoms with E-state index < -0.39 is 4.92 Å². The van der Waals surface area contributed by atoms with Crippen molar-refractivity contribution in [2.24, 2.45) is 0 Å². The summed E-state index contributed by atoms with van der Waals surface area (Å²) in [5, 5.41) is 10.6. The lowest BCUT2D eigenvalue weighted by molar-refractivity contribution is -0.384. The lowest BCUT2D eigenvalue weighted by Crippen LogP contribution is -1.94. The van der Waals surface area contributed by atoms with Gasteiger partial charge in [0.25, 0.3) is 5.69 Å². The highest BCUT2D eigenvalue weighted by atomic mass is 35.5. The number of nitro groups is 1. The van der Waals surface area contributed by atoms with Crippen LogP contribution in [0.2, 0.25) is 0 Å². The first-order valence-electron chi connectivity index (χ1n) is 8.01. The first kappa shape index (κ1) is 20.1. The number of halogens is 1. The molecule has 5 heteroatoms. The molecule has 2 aromatic rings. The van der Waals surface area contributed by atoms with Crippen molar-refractivity contribution in [3.8, 4) is 11.1 Å². The molecule has 0 amide bonds. The molecule has 0 aliphatic rings. The zero-order valence-electron chi connectivity index (χ0n) is 14.4. The minimum absolute atomic E-state index is 0.108. The second-order valence-corrected chi connectivity index (χ2v) is 5.57. The summed E-state index contributed by atoms with van der Waals surface area (Å²) in [7, 11) is 0. The molecule has 0 aromatic heterocycles. The number of ether oxygens (including phenoxy) is 1. The Labute approximate surface area is 148 Å². The van der Waals surface area contributed by atoms with Crippen molar-refractivity contribution in [1.82, 2.24) is 0 Å². The van der Waals surface area contributed by atoms with Crippen LogP contribution in [-0.4, -0.2) is 24.0 Å². The van der Waals surface area contributed by atoms with Crippen LogP contribution in [-0.2, 0) is 4.74 Å². The normalized spacial score (nSPS) is 11.3. The molecule has 0 heterocycles. The Balaban J connectivity index is 0.000000505. The van der Waals surface area contributed by atoms with Crippen molar-refractivity contribution in [2.45, 2.75) is 26.7 Å². The van der Waals surface area contributed by atoms with Gasteiger partial charge in [-0.2, -0.15) is 0 Å². The van der Waals surface area contributed by atoms with Gasteiger partial charge in [-0.05, 0) is 48.6 Å². The van der Waals surface area contributed by atoms with Crippen LogP contribution in [0.1, 0.15) is 32.3 Å². The molecule has 1 atom stereocenters. The van der Waals surface area contributed by atoms with E-state index in [2.05, 4.69) is 6.92 Å². The number of nitrogens with zero attached hydrogens (tertiary/aromatic N) is 1. The van der Waals surface area contributed by atoms with E-state index in [0.717, 1.165) is 24.3 Å². The molecule has 0 saturated carbocycles. The van der Waals surface area contributed by atoms with Crippen molar-refractivity contribution >= 4 is 17.3 Å². The number of alkyl halides is 1. The molecule has 2 aromatic carbocycles. The molecule has 2 rings (SSSR count). The molecule has 1 unspecified atom stereocenters. The fourth-order valence-corrected chi connectivity index (χ4v) is 2.25. The van der Waals surface area contributed by atoms with E-state index in [9.17, 15) is 10.1 Å². The highest BCUT2D eigenvalue weighted by Crippen LogP contribution is 2.25. The molecule has 0 fully saturated rings. The minimum atomic E-state index is -0.394. The summed E-state index contributed by atoms with van der Waals surface area (Å²) in [6.45, 7) is 7.74. The summed E-state index contributed by atoms with van der Waals surface area (Å²) >= 11 is 5.83. The zero-order chi connectivity index (χ0) is 17.9. The SMILES string of the molecule is CC(CCl)c1ccc(-c2ccc([N+](=O)[O-])cc2)cc1.CCOCC. The summed E-state index contributed by atoms with van der Waals surface area (Å²) < 4.78 is 4.83. The third-order valence-corrected chi connectivity index (χ3v) is 3.99. The molecule has 130 valence electrons. The summed E-state index contributed by atoms with van der Waals surface area (Å²) in [6, 6.07) is 14.7. The highest BCUT2D eigenvalue weighted by Gasteiger charge is 2.07. The van der Waals surface area contributed by atoms with Crippen molar-refractivity contribution < 1.29 is 9.66 Å². The molecule has 4 nitrogen and oxygen atoms in total. The van der Waals surface area contributed by atoms with Gasteiger partial charge in [0.1, 0.15) is 0 Å². The van der Waals surface area contributed by atoms with Crippen LogP contribution in [0.5, 0.6) is 0 Å². The Kier molecular flexibility index (Phi) is 9.05. The number of rotatable bonds is 6. The van der Waals surface area contributed by atoms with Crippen LogP contribution in [0, 0.1) is 10.1 Å². The lowest BCUT2D eigenvalue weighted by Gasteiger charge is -2.09. The first-order chi connectivity index (χ1) is 11.5. The van der Waals surface area contributed by atoms with Crippen molar-refractivity contribution in [1.29, 1.82) is 0 Å². The molecule has 0 saturated heterocycles. The summed E-state index contributed by atoms with van der Waals surface area (Å²) in [6.07, 6.45) is 0.